The van der Waals surface area contributed by atoms with E-state index in [-0.39, 0.29) is 40.5 Å². The Morgan fingerprint density at radius 1 is 1.45 bits per heavy atom. The van der Waals surface area contributed by atoms with Crippen molar-refractivity contribution in [1.82, 2.24) is 4.31 Å². The molecular formula is C12H17Cl2FN2O2S. The molecule has 2 N–H and O–H groups in total. The molecule has 1 aromatic rings. The molecule has 1 heterocycles. The molecule has 0 bridgehead atoms. The minimum Gasteiger partial charge on any atom is -0.327 e. The highest BCUT2D eigenvalue weighted by Crippen LogP contribution is 2.28. The fraction of sp³-hybridized carbons (Fsp3) is 0.500. The molecule has 1 aliphatic rings. The van der Waals surface area contributed by atoms with E-state index in [0.717, 1.165) is 18.9 Å². The second-order valence-corrected chi connectivity index (χ2v) is 7.11. The average Bonchev–Trinajstić information content (AvgIpc) is 2.33. The standard InChI is InChI=1S/C12H16ClFN2O2S.ClH/c1-8-5-12(10(13)6-11(8)14)19(17,18)16-4-2-3-9(15)7-16;/h5-6,9H,2-4,7,15H2,1H3;1H. The van der Waals surface area contributed by atoms with Crippen molar-refractivity contribution in [1.29, 1.82) is 0 Å². The number of rotatable bonds is 2. The monoisotopic (exact) mass is 342 g/mol. The van der Waals surface area contributed by atoms with Crippen molar-refractivity contribution >= 4 is 34.0 Å². The van der Waals surface area contributed by atoms with E-state index in [1.54, 1.807) is 0 Å². The predicted octanol–water partition coefficient (Wildman–Crippen LogP) is 2.32. The summed E-state index contributed by atoms with van der Waals surface area (Å²) in [6, 6.07) is 2.14. The highest BCUT2D eigenvalue weighted by Gasteiger charge is 2.30. The van der Waals surface area contributed by atoms with Crippen molar-refractivity contribution in [3.05, 3.63) is 28.5 Å². The van der Waals surface area contributed by atoms with Gasteiger partial charge in [0.1, 0.15) is 10.7 Å². The Balaban J connectivity index is 0.00000200. The van der Waals surface area contributed by atoms with Crippen LogP contribution in [0.4, 0.5) is 4.39 Å². The molecule has 114 valence electrons. The van der Waals surface area contributed by atoms with Crippen molar-refractivity contribution in [3.63, 3.8) is 0 Å². The lowest BCUT2D eigenvalue weighted by atomic mass is 10.1. The van der Waals surface area contributed by atoms with E-state index in [9.17, 15) is 12.8 Å². The zero-order chi connectivity index (χ0) is 14.2. The number of hydrogen-bond donors (Lipinski definition) is 1. The molecule has 2 rings (SSSR count). The van der Waals surface area contributed by atoms with Crippen LogP contribution in [0.3, 0.4) is 0 Å². The number of sulfonamides is 1. The summed E-state index contributed by atoms with van der Waals surface area (Å²) in [7, 11) is -3.71. The van der Waals surface area contributed by atoms with E-state index >= 15 is 0 Å². The van der Waals surface area contributed by atoms with Crippen LogP contribution in [0, 0.1) is 12.7 Å². The molecule has 0 radical (unpaired) electrons. The first-order chi connectivity index (χ1) is 8.82. The Morgan fingerprint density at radius 2 is 2.10 bits per heavy atom. The summed E-state index contributed by atoms with van der Waals surface area (Å²) in [5.41, 5.74) is 6.05. The van der Waals surface area contributed by atoms with Gasteiger partial charge in [-0.1, -0.05) is 11.6 Å². The highest BCUT2D eigenvalue weighted by atomic mass is 35.5. The Kier molecular flexibility index (Phi) is 5.80. The number of aryl methyl sites for hydroxylation is 1. The molecule has 0 aromatic heterocycles. The maximum Gasteiger partial charge on any atom is 0.244 e. The van der Waals surface area contributed by atoms with Gasteiger partial charge in [0.2, 0.25) is 10.0 Å². The third-order valence-corrected chi connectivity index (χ3v) is 5.58. The first-order valence-corrected chi connectivity index (χ1v) is 7.85. The van der Waals surface area contributed by atoms with Gasteiger partial charge in [-0.2, -0.15) is 4.31 Å². The lowest BCUT2D eigenvalue weighted by molar-refractivity contribution is 0.316. The molecule has 20 heavy (non-hydrogen) atoms. The first-order valence-electron chi connectivity index (χ1n) is 6.03. The SMILES string of the molecule is Cc1cc(S(=O)(=O)N2CCCC(N)C2)c(Cl)cc1F.Cl. The molecule has 1 atom stereocenters. The quantitative estimate of drug-likeness (QED) is 0.896. The summed E-state index contributed by atoms with van der Waals surface area (Å²) in [6.07, 6.45) is 1.53. The number of piperidine rings is 1. The molecule has 0 aliphatic carbocycles. The molecule has 0 saturated carbocycles. The van der Waals surface area contributed by atoms with Crippen LogP contribution in [-0.2, 0) is 10.0 Å². The molecule has 1 aliphatic heterocycles. The van der Waals surface area contributed by atoms with Crippen LogP contribution < -0.4 is 5.73 Å². The van der Waals surface area contributed by atoms with E-state index in [4.69, 9.17) is 17.3 Å². The number of benzene rings is 1. The van der Waals surface area contributed by atoms with Crippen LogP contribution in [0.2, 0.25) is 5.02 Å². The van der Waals surface area contributed by atoms with Crippen LogP contribution in [0.25, 0.3) is 0 Å². The Labute approximate surface area is 129 Å². The van der Waals surface area contributed by atoms with Crippen molar-refractivity contribution in [3.8, 4) is 0 Å². The minimum absolute atomic E-state index is 0. The predicted molar refractivity (Wildman–Crippen MR) is 79.4 cm³/mol. The van der Waals surface area contributed by atoms with Crippen LogP contribution in [-0.4, -0.2) is 31.9 Å². The van der Waals surface area contributed by atoms with Gasteiger partial charge in [0.25, 0.3) is 0 Å². The molecule has 1 fully saturated rings. The van der Waals surface area contributed by atoms with Gasteiger partial charge in [-0.3, -0.25) is 0 Å². The highest BCUT2D eigenvalue weighted by molar-refractivity contribution is 7.89. The maximum atomic E-state index is 13.3. The normalized spacial score (nSPS) is 20.5. The lowest BCUT2D eigenvalue weighted by Gasteiger charge is -2.30. The van der Waals surface area contributed by atoms with Crippen LogP contribution in [0.15, 0.2) is 17.0 Å². The van der Waals surface area contributed by atoms with E-state index in [1.165, 1.54) is 17.3 Å². The molecular weight excluding hydrogens is 326 g/mol. The van der Waals surface area contributed by atoms with Gasteiger partial charge in [-0.15, -0.1) is 12.4 Å². The van der Waals surface area contributed by atoms with Gasteiger partial charge in [0.05, 0.1) is 5.02 Å². The van der Waals surface area contributed by atoms with Gasteiger partial charge in [0.15, 0.2) is 0 Å². The molecule has 1 saturated heterocycles. The van der Waals surface area contributed by atoms with Gasteiger partial charge in [-0.05, 0) is 37.5 Å². The second kappa shape index (κ2) is 6.58. The van der Waals surface area contributed by atoms with E-state index < -0.39 is 15.8 Å². The molecule has 8 heteroatoms. The smallest absolute Gasteiger partial charge is 0.244 e. The van der Waals surface area contributed by atoms with E-state index in [0.29, 0.717) is 6.54 Å². The van der Waals surface area contributed by atoms with E-state index in [2.05, 4.69) is 0 Å². The van der Waals surface area contributed by atoms with Gasteiger partial charge >= 0.3 is 0 Å². The van der Waals surface area contributed by atoms with Gasteiger partial charge < -0.3 is 5.73 Å². The van der Waals surface area contributed by atoms with Crippen LogP contribution >= 0.6 is 24.0 Å². The zero-order valence-electron chi connectivity index (χ0n) is 11.0. The second-order valence-electron chi connectivity index (χ2n) is 4.80. The van der Waals surface area contributed by atoms with E-state index in [1.807, 2.05) is 0 Å². The van der Waals surface area contributed by atoms with Gasteiger partial charge in [-0.25, -0.2) is 12.8 Å². The fourth-order valence-corrected chi connectivity index (χ4v) is 4.27. The summed E-state index contributed by atoms with van der Waals surface area (Å²) in [5, 5.41) is -0.0951. The number of halogens is 3. The molecule has 1 aromatic carbocycles. The lowest BCUT2D eigenvalue weighted by Crippen LogP contribution is -2.45. The van der Waals surface area contributed by atoms with Crippen molar-refractivity contribution in [2.45, 2.75) is 30.7 Å². The summed E-state index contributed by atoms with van der Waals surface area (Å²) in [4.78, 5) is -0.0535. The summed E-state index contributed by atoms with van der Waals surface area (Å²) in [6.45, 7) is 2.20. The number of nitrogens with zero attached hydrogens (tertiary/aromatic N) is 1. The average molecular weight is 343 g/mol. The fourth-order valence-electron chi connectivity index (χ4n) is 2.16. The molecule has 1 unspecified atom stereocenters. The number of hydrogen-bond acceptors (Lipinski definition) is 3. The first kappa shape index (κ1) is 17.7. The minimum atomic E-state index is -3.71. The number of nitrogens with two attached hydrogens (primary N) is 1. The molecule has 0 spiro atoms. The Hall–Kier alpha value is -0.400. The summed E-state index contributed by atoms with van der Waals surface area (Å²) in [5.74, 6) is -0.515. The van der Waals surface area contributed by atoms with Crippen LogP contribution in [0.1, 0.15) is 18.4 Å². The largest absolute Gasteiger partial charge is 0.327 e. The van der Waals surface area contributed by atoms with Gasteiger partial charge in [0, 0.05) is 19.1 Å². The topological polar surface area (TPSA) is 63.4 Å². The van der Waals surface area contributed by atoms with Crippen molar-refractivity contribution in [2.24, 2.45) is 5.73 Å². The van der Waals surface area contributed by atoms with Crippen LogP contribution in [0.5, 0.6) is 0 Å². The molecule has 0 amide bonds. The van der Waals surface area contributed by atoms with Crippen molar-refractivity contribution < 1.29 is 12.8 Å². The summed E-state index contributed by atoms with van der Waals surface area (Å²) < 4.78 is 39.6. The molecule has 4 nitrogen and oxygen atoms in total. The third kappa shape index (κ3) is 3.43. The zero-order valence-corrected chi connectivity index (χ0v) is 13.4. The third-order valence-electron chi connectivity index (χ3n) is 3.25. The summed E-state index contributed by atoms with van der Waals surface area (Å²) >= 11 is 5.86. The Morgan fingerprint density at radius 3 is 2.70 bits per heavy atom. The Bertz CT molecular complexity index is 595. The maximum absolute atomic E-state index is 13.3. The van der Waals surface area contributed by atoms with Crippen molar-refractivity contribution in [2.75, 3.05) is 13.1 Å².